The number of thioether (sulfide) groups is 1. The second kappa shape index (κ2) is 7.09. The third kappa shape index (κ3) is 4.55. The lowest BCUT2D eigenvalue weighted by atomic mass is 10.2. The Hall–Kier alpha value is -2.00. The molecule has 0 aliphatic rings. The van der Waals surface area contributed by atoms with Crippen LogP contribution in [0.1, 0.15) is 11.3 Å². The number of thiophene rings is 1. The molecule has 0 bridgehead atoms. The van der Waals surface area contributed by atoms with E-state index in [1.165, 1.54) is 11.3 Å². The topological polar surface area (TPSA) is 25.8 Å². The number of rotatable bonds is 4. The molecule has 2 heterocycles. The van der Waals surface area contributed by atoms with E-state index in [4.69, 9.17) is 0 Å². The lowest BCUT2D eigenvalue weighted by Crippen LogP contribution is -2.10. The van der Waals surface area contributed by atoms with Crippen LogP contribution in [0.5, 0.6) is 0 Å². The number of hydrogen-bond donors (Lipinski definition) is 0. The number of halogens is 5. The fraction of sp³-hybridized carbons (Fsp3) is 0.125. The Labute approximate surface area is 147 Å². The Morgan fingerprint density at radius 3 is 2.32 bits per heavy atom. The summed E-state index contributed by atoms with van der Waals surface area (Å²) >= 11 is 2.14. The second-order valence-electron chi connectivity index (χ2n) is 4.96. The van der Waals surface area contributed by atoms with E-state index in [0.29, 0.717) is 10.4 Å². The number of nitrogens with zero attached hydrogens (tertiary/aromatic N) is 2. The average Bonchev–Trinajstić information content (AvgIpc) is 3.05. The normalized spacial score (nSPS) is 11.7. The van der Waals surface area contributed by atoms with Crippen LogP contribution in [0, 0.1) is 11.6 Å². The first-order valence-corrected chi connectivity index (χ1v) is 8.76. The Morgan fingerprint density at radius 1 is 1.00 bits per heavy atom. The van der Waals surface area contributed by atoms with E-state index in [1.54, 1.807) is 17.5 Å². The van der Waals surface area contributed by atoms with Gasteiger partial charge >= 0.3 is 6.18 Å². The molecular weight excluding hydrogens is 379 g/mol. The van der Waals surface area contributed by atoms with Crippen LogP contribution in [0.3, 0.4) is 0 Å². The van der Waals surface area contributed by atoms with Crippen LogP contribution in [0.4, 0.5) is 22.0 Å². The highest BCUT2D eigenvalue weighted by Crippen LogP contribution is 2.33. The van der Waals surface area contributed by atoms with E-state index in [0.717, 1.165) is 36.0 Å². The highest BCUT2D eigenvalue weighted by molar-refractivity contribution is 7.98. The van der Waals surface area contributed by atoms with Crippen LogP contribution in [0.2, 0.25) is 0 Å². The molecular formula is C16H9F5N2S2. The van der Waals surface area contributed by atoms with E-state index in [-0.39, 0.29) is 16.6 Å². The van der Waals surface area contributed by atoms with Crippen molar-refractivity contribution in [2.75, 3.05) is 0 Å². The van der Waals surface area contributed by atoms with Crippen molar-refractivity contribution in [1.82, 2.24) is 9.97 Å². The molecule has 0 aliphatic carbocycles. The van der Waals surface area contributed by atoms with Gasteiger partial charge in [0, 0.05) is 11.8 Å². The van der Waals surface area contributed by atoms with Gasteiger partial charge < -0.3 is 0 Å². The summed E-state index contributed by atoms with van der Waals surface area (Å²) < 4.78 is 65.6. The van der Waals surface area contributed by atoms with Gasteiger partial charge in [0.1, 0.15) is 17.3 Å². The minimum absolute atomic E-state index is 0.0415. The lowest BCUT2D eigenvalue weighted by molar-refractivity contribution is -0.141. The SMILES string of the molecule is Fc1cc(F)cc(CSc2nc(-c3cccs3)cc(C(F)(F)F)n2)c1. The molecule has 2 nitrogen and oxygen atoms in total. The first-order chi connectivity index (χ1) is 11.8. The number of hydrogen-bond acceptors (Lipinski definition) is 4. The molecule has 3 rings (SSSR count). The summed E-state index contributed by atoms with van der Waals surface area (Å²) in [6.45, 7) is 0. The molecule has 0 radical (unpaired) electrons. The molecule has 0 N–H and O–H groups in total. The van der Waals surface area contributed by atoms with Gasteiger partial charge in [0.25, 0.3) is 0 Å². The molecule has 0 fully saturated rings. The van der Waals surface area contributed by atoms with E-state index in [9.17, 15) is 22.0 Å². The molecule has 0 saturated heterocycles. The first kappa shape index (κ1) is 17.8. The molecule has 0 saturated carbocycles. The second-order valence-corrected chi connectivity index (χ2v) is 6.85. The molecule has 2 aromatic heterocycles. The van der Waals surface area contributed by atoms with Crippen molar-refractivity contribution in [1.29, 1.82) is 0 Å². The molecule has 0 unspecified atom stereocenters. The molecule has 1 aromatic carbocycles. The number of benzene rings is 1. The predicted molar refractivity (Wildman–Crippen MR) is 86.3 cm³/mol. The fourth-order valence-electron chi connectivity index (χ4n) is 2.03. The smallest absolute Gasteiger partial charge is 0.222 e. The van der Waals surface area contributed by atoms with Gasteiger partial charge in [-0.05, 0) is 35.2 Å². The first-order valence-electron chi connectivity index (χ1n) is 6.89. The fourth-order valence-corrected chi connectivity index (χ4v) is 3.50. The van der Waals surface area contributed by atoms with Crippen LogP contribution in [-0.2, 0) is 11.9 Å². The number of aromatic nitrogens is 2. The molecule has 0 amide bonds. The maximum absolute atomic E-state index is 13.2. The zero-order chi connectivity index (χ0) is 18.0. The Balaban J connectivity index is 1.91. The molecule has 130 valence electrons. The summed E-state index contributed by atoms with van der Waals surface area (Å²) in [5.74, 6) is -1.46. The summed E-state index contributed by atoms with van der Waals surface area (Å²) in [5, 5.41) is 1.62. The van der Waals surface area contributed by atoms with Crippen molar-refractivity contribution < 1.29 is 22.0 Å². The van der Waals surface area contributed by atoms with Crippen molar-refractivity contribution in [2.45, 2.75) is 17.1 Å². The van der Waals surface area contributed by atoms with Gasteiger partial charge in [-0.25, -0.2) is 18.7 Å². The maximum Gasteiger partial charge on any atom is 0.433 e. The molecule has 0 aliphatic heterocycles. The highest BCUT2D eigenvalue weighted by Gasteiger charge is 2.34. The summed E-state index contributed by atoms with van der Waals surface area (Å²) in [6.07, 6.45) is -4.62. The molecule has 25 heavy (non-hydrogen) atoms. The maximum atomic E-state index is 13.2. The van der Waals surface area contributed by atoms with Gasteiger partial charge in [-0.15, -0.1) is 11.3 Å². The van der Waals surface area contributed by atoms with Crippen LogP contribution >= 0.6 is 23.1 Å². The largest absolute Gasteiger partial charge is 0.433 e. The Bertz CT molecular complexity index is 858. The van der Waals surface area contributed by atoms with Crippen LogP contribution in [0.25, 0.3) is 10.6 Å². The standard InChI is InChI=1S/C16H9F5N2S2/c17-10-4-9(5-11(18)6-10)8-25-15-22-12(13-2-1-3-24-13)7-14(23-15)16(19,20)21/h1-7H,8H2. The number of alkyl halides is 3. The van der Waals surface area contributed by atoms with Crippen LogP contribution in [0.15, 0.2) is 46.9 Å². The Morgan fingerprint density at radius 2 is 1.72 bits per heavy atom. The van der Waals surface area contributed by atoms with E-state index < -0.39 is 23.5 Å². The lowest BCUT2D eigenvalue weighted by Gasteiger charge is -2.10. The third-order valence-electron chi connectivity index (χ3n) is 3.06. The van der Waals surface area contributed by atoms with Crippen molar-refractivity contribution in [2.24, 2.45) is 0 Å². The van der Waals surface area contributed by atoms with Gasteiger partial charge in [-0.2, -0.15) is 13.2 Å². The average molecular weight is 388 g/mol. The molecule has 0 atom stereocenters. The van der Waals surface area contributed by atoms with Crippen LogP contribution in [-0.4, -0.2) is 9.97 Å². The van der Waals surface area contributed by atoms with Gasteiger partial charge in [-0.1, -0.05) is 17.8 Å². The summed E-state index contributed by atoms with van der Waals surface area (Å²) in [4.78, 5) is 8.22. The summed E-state index contributed by atoms with van der Waals surface area (Å²) in [5.41, 5.74) is -0.606. The Kier molecular flexibility index (Phi) is 5.05. The predicted octanol–water partition coefficient (Wildman–Crippen LogP) is 5.79. The van der Waals surface area contributed by atoms with Gasteiger partial charge in [0.05, 0.1) is 10.6 Å². The molecule has 9 heteroatoms. The summed E-state index contributed by atoms with van der Waals surface area (Å²) in [6, 6.07) is 7.20. The van der Waals surface area contributed by atoms with E-state index in [2.05, 4.69) is 9.97 Å². The molecule has 0 spiro atoms. The van der Waals surface area contributed by atoms with Crippen molar-refractivity contribution >= 4 is 23.1 Å². The van der Waals surface area contributed by atoms with E-state index in [1.807, 2.05) is 0 Å². The minimum atomic E-state index is -4.62. The van der Waals surface area contributed by atoms with Crippen LogP contribution < -0.4 is 0 Å². The van der Waals surface area contributed by atoms with Crippen molar-refractivity contribution in [3.63, 3.8) is 0 Å². The van der Waals surface area contributed by atoms with Gasteiger partial charge in [0.2, 0.25) is 0 Å². The van der Waals surface area contributed by atoms with E-state index >= 15 is 0 Å². The van der Waals surface area contributed by atoms with Gasteiger partial charge in [0.15, 0.2) is 5.16 Å². The van der Waals surface area contributed by atoms with Crippen molar-refractivity contribution in [3.05, 3.63) is 64.7 Å². The quantitative estimate of drug-likeness (QED) is 0.321. The van der Waals surface area contributed by atoms with Crippen molar-refractivity contribution in [3.8, 4) is 10.6 Å². The minimum Gasteiger partial charge on any atom is -0.222 e. The monoisotopic (exact) mass is 388 g/mol. The zero-order valence-electron chi connectivity index (χ0n) is 12.3. The third-order valence-corrected chi connectivity index (χ3v) is 4.87. The summed E-state index contributed by atoms with van der Waals surface area (Å²) in [7, 11) is 0. The molecule has 3 aromatic rings. The highest BCUT2D eigenvalue weighted by atomic mass is 32.2. The zero-order valence-corrected chi connectivity index (χ0v) is 14.0. The van der Waals surface area contributed by atoms with Gasteiger partial charge in [-0.3, -0.25) is 0 Å².